The van der Waals surface area contributed by atoms with Gasteiger partial charge in [-0.25, -0.2) is 15.0 Å². The minimum atomic E-state index is -0.670. The van der Waals surface area contributed by atoms with E-state index in [0.717, 1.165) is 11.2 Å². The number of hydrogen-bond donors (Lipinski definition) is 3. The maximum Gasteiger partial charge on any atom is 0.283 e. The number of amides is 1. The van der Waals surface area contributed by atoms with Crippen molar-refractivity contribution < 1.29 is 19.4 Å². The Labute approximate surface area is 189 Å². The van der Waals surface area contributed by atoms with Crippen LogP contribution in [0.2, 0.25) is 0 Å². The Morgan fingerprint density at radius 3 is 2.82 bits per heavy atom. The Kier molecular flexibility index (Phi) is 6.38. The number of carbonyl (C=O) groups is 1. The zero-order valence-corrected chi connectivity index (χ0v) is 18.6. The first-order chi connectivity index (χ1) is 15.9. The number of nitrogen functional groups attached to an aromatic ring is 1. The van der Waals surface area contributed by atoms with Crippen LogP contribution in [0.1, 0.15) is 10.4 Å². The monoisotopic (exact) mass is 454 g/mol. The van der Waals surface area contributed by atoms with Crippen molar-refractivity contribution in [1.82, 2.24) is 24.4 Å². The van der Waals surface area contributed by atoms with Gasteiger partial charge in [0.2, 0.25) is 11.6 Å². The highest BCUT2D eigenvalue weighted by Crippen LogP contribution is 2.37. The van der Waals surface area contributed by atoms with Gasteiger partial charge in [-0.05, 0) is 26.2 Å². The summed E-state index contributed by atoms with van der Waals surface area (Å²) in [5.41, 5.74) is 6.39. The fourth-order valence-corrected chi connectivity index (χ4v) is 3.61. The maximum absolute atomic E-state index is 12.7. The zero-order chi connectivity index (χ0) is 23.5. The molecule has 33 heavy (non-hydrogen) atoms. The van der Waals surface area contributed by atoms with Crippen LogP contribution in [0.5, 0.6) is 11.5 Å². The fourth-order valence-electron chi connectivity index (χ4n) is 3.61. The van der Waals surface area contributed by atoms with Crippen molar-refractivity contribution >= 4 is 28.6 Å². The minimum absolute atomic E-state index is 0.0720. The van der Waals surface area contributed by atoms with E-state index in [1.807, 2.05) is 29.6 Å². The van der Waals surface area contributed by atoms with Crippen molar-refractivity contribution in [2.24, 2.45) is 4.99 Å². The highest BCUT2D eigenvalue weighted by Gasteiger charge is 2.21. The molecule has 3 heterocycles. The number of aliphatic hydroxyl groups is 1. The summed E-state index contributed by atoms with van der Waals surface area (Å²) in [4.78, 5) is 31.1. The Bertz CT molecular complexity index is 1240. The van der Waals surface area contributed by atoms with E-state index in [-0.39, 0.29) is 23.7 Å². The molecule has 0 spiro atoms. The van der Waals surface area contributed by atoms with Crippen LogP contribution in [0.3, 0.4) is 0 Å². The molecule has 3 aromatic rings. The summed E-state index contributed by atoms with van der Waals surface area (Å²) in [5, 5.41) is 14.3. The zero-order valence-electron chi connectivity index (χ0n) is 18.6. The number of hydrogen-bond acceptors (Lipinski definition) is 10. The Hall–Kier alpha value is -3.77. The van der Waals surface area contributed by atoms with Gasteiger partial charge in [0, 0.05) is 37.4 Å². The summed E-state index contributed by atoms with van der Waals surface area (Å²) in [6.45, 7) is 1.81. The Morgan fingerprint density at radius 2 is 2.12 bits per heavy atom. The molecule has 174 valence electrons. The molecule has 0 saturated carbocycles. The van der Waals surface area contributed by atoms with E-state index in [4.69, 9.17) is 15.2 Å². The lowest BCUT2D eigenvalue weighted by Crippen LogP contribution is -2.30. The smallest absolute Gasteiger partial charge is 0.283 e. The molecule has 0 fully saturated rings. The number of aromatic nitrogens is 4. The highest BCUT2D eigenvalue weighted by atomic mass is 16.5. The molecule has 12 nitrogen and oxygen atoms in total. The van der Waals surface area contributed by atoms with Crippen LogP contribution < -0.4 is 26.1 Å². The van der Waals surface area contributed by atoms with E-state index in [1.165, 1.54) is 19.5 Å². The first-order valence-corrected chi connectivity index (χ1v) is 10.3. The predicted molar refractivity (Wildman–Crippen MR) is 121 cm³/mol. The van der Waals surface area contributed by atoms with E-state index < -0.39 is 12.0 Å². The van der Waals surface area contributed by atoms with Crippen molar-refractivity contribution in [3.63, 3.8) is 0 Å². The molecule has 1 atom stereocenters. The van der Waals surface area contributed by atoms with Crippen LogP contribution in [-0.4, -0.2) is 82.4 Å². The molecule has 4 rings (SSSR count). The first-order valence-electron chi connectivity index (χ1n) is 10.3. The van der Waals surface area contributed by atoms with Crippen molar-refractivity contribution in [3.05, 3.63) is 35.7 Å². The fraction of sp³-hybridized carbons (Fsp3) is 0.381. The molecule has 1 aliphatic rings. The van der Waals surface area contributed by atoms with Gasteiger partial charge < -0.3 is 30.5 Å². The van der Waals surface area contributed by atoms with Crippen molar-refractivity contribution in [2.45, 2.75) is 12.6 Å². The lowest BCUT2D eigenvalue weighted by atomic mass is 10.2. The maximum atomic E-state index is 12.7. The highest BCUT2D eigenvalue weighted by molar-refractivity contribution is 5.96. The molecule has 0 aliphatic carbocycles. The second-order valence-corrected chi connectivity index (χ2v) is 7.81. The van der Waals surface area contributed by atoms with E-state index in [1.54, 1.807) is 6.07 Å². The number of nitrogens with two attached hydrogens (primary N) is 1. The average molecular weight is 454 g/mol. The van der Waals surface area contributed by atoms with E-state index >= 15 is 0 Å². The summed E-state index contributed by atoms with van der Waals surface area (Å²) in [7, 11) is 5.26. The van der Waals surface area contributed by atoms with Gasteiger partial charge in [0.1, 0.15) is 24.0 Å². The minimum Gasteiger partial charge on any atom is -0.491 e. The standard InChI is InChI=1S/C21H26N8O4/c1-28(2)10-13(30)11-33-15-5-4-14-16(17(15)32-3)26-21(29-7-6-23-18(14)29)27-19(31)12-8-24-20(22)25-9-12/h4-5,8-9,13,23,30H,6-7,10-11H2,1-3H3,(H2,22,24,25). The summed E-state index contributed by atoms with van der Waals surface area (Å²) >= 11 is 0. The number of anilines is 2. The van der Waals surface area contributed by atoms with Gasteiger partial charge in [-0.2, -0.15) is 4.99 Å². The van der Waals surface area contributed by atoms with Crippen LogP contribution in [-0.2, 0) is 6.54 Å². The quantitative estimate of drug-likeness (QED) is 0.440. The van der Waals surface area contributed by atoms with Crippen LogP contribution in [0.15, 0.2) is 29.5 Å². The average Bonchev–Trinajstić information content (AvgIpc) is 3.28. The third-order valence-corrected chi connectivity index (χ3v) is 5.03. The van der Waals surface area contributed by atoms with Gasteiger partial charge in [0.05, 0.1) is 12.7 Å². The summed E-state index contributed by atoms with van der Waals surface area (Å²) in [6.07, 6.45) is 1.98. The number of benzene rings is 1. The molecule has 4 N–H and O–H groups in total. The topological polar surface area (TPSA) is 153 Å². The largest absolute Gasteiger partial charge is 0.491 e. The van der Waals surface area contributed by atoms with Gasteiger partial charge in [0.15, 0.2) is 11.5 Å². The molecule has 12 heteroatoms. The summed E-state index contributed by atoms with van der Waals surface area (Å²) < 4.78 is 13.3. The van der Waals surface area contributed by atoms with Gasteiger partial charge in [0.25, 0.3) is 5.91 Å². The van der Waals surface area contributed by atoms with Gasteiger partial charge in [-0.3, -0.25) is 9.36 Å². The number of fused-ring (bicyclic) bond motifs is 3. The lowest BCUT2D eigenvalue weighted by Gasteiger charge is -2.18. The Balaban J connectivity index is 1.77. The number of nitrogens with zero attached hydrogens (tertiary/aromatic N) is 6. The van der Waals surface area contributed by atoms with Crippen LogP contribution in [0.25, 0.3) is 10.9 Å². The molecular weight excluding hydrogens is 428 g/mol. The van der Waals surface area contributed by atoms with Crippen LogP contribution >= 0.6 is 0 Å². The van der Waals surface area contributed by atoms with Gasteiger partial charge in [-0.1, -0.05) is 0 Å². The molecule has 0 bridgehead atoms. The normalized spacial score (nSPS) is 14.3. The number of carbonyl (C=O) groups excluding carboxylic acids is 1. The number of rotatable bonds is 7. The van der Waals surface area contributed by atoms with E-state index in [2.05, 4.69) is 25.3 Å². The second-order valence-electron chi connectivity index (χ2n) is 7.81. The predicted octanol–water partition coefficient (Wildman–Crippen LogP) is -0.115. The molecule has 1 amide bonds. The summed E-state index contributed by atoms with van der Waals surface area (Å²) in [6, 6.07) is 3.64. The molecular formula is C21H26N8O4. The number of aliphatic hydroxyl groups excluding tert-OH is 1. The molecule has 0 radical (unpaired) electrons. The molecule has 1 unspecified atom stereocenters. The third kappa shape index (κ3) is 4.71. The number of nitrogens with one attached hydrogen (secondary N) is 1. The lowest BCUT2D eigenvalue weighted by molar-refractivity contribution is 0.0819. The summed E-state index contributed by atoms with van der Waals surface area (Å²) in [5.74, 6) is 1.13. The molecule has 2 aromatic heterocycles. The number of ether oxygens (including phenoxy) is 2. The van der Waals surface area contributed by atoms with Gasteiger partial charge >= 0.3 is 0 Å². The molecule has 1 aliphatic heterocycles. The molecule has 0 saturated heterocycles. The second kappa shape index (κ2) is 9.38. The molecule has 1 aromatic carbocycles. The van der Waals surface area contributed by atoms with Crippen molar-refractivity contribution in [1.29, 1.82) is 0 Å². The van der Waals surface area contributed by atoms with E-state index in [0.29, 0.717) is 36.6 Å². The number of methoxy groups -OCH3 is 1. The SMILES string of the molecule is COc1c(OCC(O)CN(C)C)ccc2c3n(c(=NC(=O)c4cnc(N)nc4)nc12)CCN3. The number of likely N-dealkylation sites (N-methyl/N-ethyl adjacent to an activating group) is 1. The first kappa shape index (κ1) is 22.4. The van der Waals surface area contributed by atoms with Crippen molar-refractivity contribution in [2.75, 3.05) is 52.0 Å². The van der Waals surface area contributed by atoms with Crippen molar-refractivity contribution in [3.8, 4) is 11.5 Å². The van der Waals surface area contributed by atoms with E-state index in [9.17, 15) is 9.90 Å². The van der Waals surface area contributed by atoms with Crippen LogP contribution in [0.4, 0.5) is 11.8 Å². The Morgan fingerprint density at radius 1 is 1.36 bits per heavy atom. The van der Waals surface area contributed by atoms with Gasteiger partial charge in [-0.15, -0.1) is 0 Å². The van der Waals surface area contributed by atoms with Crippen LogP contribution in [0, 0.1) is 0 Å². The third-order valence-electron chi connectivity index (χ3n) is 5.03.